The van der Waals surface area contributed by atoms with Crippen LogP contribution in [0.3, 0.4) is 0 Å². The Bertz CT molecular complexity index is 1080. The fourth-order valence-electron chi connectivity index (χ4n) is 3.17. The van der Waals surface area contributed by atoms with Gasteiger partial charge >= 0.3 is 0 Å². The number of benzene rings is 2. The van der Waals surface area contributed by atoms with Crippen molar-refractivity contribution in [2.75, 3.05) is 10.8 Å². The zero-order valence-corrected chi connectivity index (χ0v) is 16.3. The molecular weight excluding hydrogens is 392 g/mol. The summed E-state index contributed by atoms with van der Waals surface area (Å²) in [5.74, 6) is 0.385. The molecule has 150 valence electrons. The van der Waals surface area contributed by atoms with E-state index in [4.69, 9.17) is 9.15 Å². The standard InChI is InChI=1S/C21H20N2O5S/c24-21(22-13-17-9-6-12-27-17)20-14-23(18-10-4-5-11-19(18)28-20)29(25,26)15-16-7-2-1-3-8-16/h1-12,20H,13-15H2,(H,22,24). The van der Waals surface area contributed by atoms with Crippen molar-refractivity contribution in [3.05, 3.63) is 84.3 Å². The number of nitrogens with one attached hydrogen (secondary N) is 1. The molecule has 7 nitrogen and oxygen atoms in total. The third kappa shape index (κ3) is 4.27. The first kappa shape index (κ1) is 19.1. The van der Waals surface area contributed by atoms with E-state index in [2.05, 4.69) is 5.32 Å². The van der Waals surface area contributed by atoms with E-state index in [0.29, 0.717) is 22.8 Å². The third-order valence-corrected chi connectivity index (χ3v) is 6.29. The number of furan rings is 1. The first-order valence-corrected chi connectivity index (χ1v) is 10.7. The van der Waals surface area contributed by atoms with Gasteiger partial charge in [-0.05, 0) is 29.8 Å². The zero-order valence-electron chi connectivity index (χ0n) is 15.5. The number of carbonyl (C=O) groups excluding carboxylic acids is 1. The maximum absolute atomic E-state index is 13.2. The van der Waals surface area contributed by atoms with Crippen LogP contribution in [-0.2, 0) is 27.1 Å². The summed E-state index contributed by atoms with van der Waals surface area (Å²) in [4.78, 5) is 12.6. The Morgan fingerprint density at radius 1 is 1.03 bits per heavy atom. The summed E-state index contributed by atoms with van der Waals surface area (Å²) in [7, 11) is -3.72. The number of rotatable bonds is 6. The van der Waals surface area contributed by atoms with Crippen molar-refractivity contribution >= 4 is 21.6 Å². The van der Waals surface area contributed by atoms with Crippen molar-refractivity contribution in [2.45, 2.75) is 18.4 Å². The number of carbonyl (C=O) groups is 1. The summed E-state index contributed by atoms with van der Waals surface area (Å²) in [5.41, 5.74) is 1.11. The monoisotopic (exact) mass is 412 g/mol. The number of fused-ring (bicyclic) bond motifs is 1. The molecule has 0 radical (unpaired) electrons. The molecule has 1 unspecified atom stereocenters. The van der Waals surface area contributed by atoms with Crippen LogP contribution in [0.2, 0.25) is 0 Å². The normalized spacial score (nSPS) is 16.0. The molecule has 8 heteroatoms. The summed E-state index contributed by atoms with van der Waals surface area (Å²) in [6.07, 6.45) is 0.553. The van der Waals surface area contributed by atoms with Crippen molar-refractivity contribution in [1.82, 2.24) is 5.32 Å². The van der Waals surface area contributed by atoms with Crippen LogP contribution in [0.5, 0.6) is 5.75 Å². The number of ether oxygens (including phenoxy) is 1. The molecule has 0 bridgehead atoms. The zero-order chi connectivity index (χ0) is 20.3. The van der Waals surface area contributed by atoms with Gasteiger partial charge in [0, 0.05) is 0 Å². The Labute approximate surface area is 169 Å². The molecule has 1 aromatic heterocycles. The van der Waals surface area contributed by atoms with Crippen molar-refractivity contribution < 1.29 is 22.4 Å². The maximum atomic E-state index is 13.2. The number of para-hydroxylation sites is 2. The van der Waals surface area contributed by atoms with Gasteiger partial charge in [0.05, 0.1) is 30.8 Å². The van der Waals surface area contributed by atoms with Crippen LogP contribution < -0.4 is 14.4 Å². The molecule has 3 aromatic rings. The number of anilines is 1. The lowest BCUT2D eigenvalue weighted by molar-refractivity contribution is -0.128. The molecule has 1 N–H and O–H groups in total. The smallest absolute Gasteiger partial charge is 0.263 e. The van der Waals surface area contributed by atoms with E-state index in [0.717, 1.165) is 0 Å². The van der Waals surface area contributed by atoms with Crippen LogP contribution in [0.25, 0.3) is 0 Å². The lowest BCUT2D eigenvalue weighted by atomic mass is 10.2. The van der Waals surface area contributed by atoms with Crippen LogP contribution in [0.15, 0.2) is 77.4 Å². The summed E-state index contributed by atoms with van der Waals surface area (Å²) in [5, 5.41) is 2.73. The predicted octanol–water partition coefficient (Wildman–Crippen LogP) is 2.69. The van der Waals surface area contributed by atoms with Gasteiger partial charge in [-0.15, -0.1) is 0 Å². The SMILES string of the molecule is O=C(NCc1ccco1)C1CN(S(=O)(=O)Cc2ccccc2)c2ccccc2O1. The molecule has 2 heterocycles. The minimum absolute atomic E-state index is 0.101. The highest BCUT2D eigenvalue weighted by Crippen LogP contribution is 2.35. The summed E-state index contributed by atoms with van der Waals surface area (Å²) >= 11 is 0. The second-order valence-electron chi connectivity index (χ2n) is 6.64. The molecule has 29 heavy (non-hydrogen) atoms. The van der Waals surface area contributed by atoms with E-state index < -0.39 is 22.0 Å². The highest BCUT2D eigenvalue weighted by atomic mass is 32.2. The lowest BCUT2D eigenvalue weighted by Gasteiger charge is -2.34. The highest BCUT2D eigenvalue weighted by molar-refractivity contribution is 7.92. The van der Waals surface area contributed by atoms with Gasteiger partial charge in [-0.3, -0.25) is 9.10 Å². The van der Waals surface area contributed by atoms with Crippen LogP contribution in [0.4, 0.5) is 5.69 Å². The van der Waals surface area contributed by atoms with Gasteiger partial charge in [-0.1, -0.05) is 42.5 Å². The number of amides is 1. The fraction of sp³-hybridized carbons (Fsp3) is 0.190. The molecule has 0 saturated carbocycles. The molecule has 1 aliphatic rings. The van der Waals surface area contributed by atoms with Crippen LogP contribution >= 0.6 is 0 Å². The topological polar surface area (TPSA) is 88.9 Å². The van der Waals surface area contributed by atoms with Crippen molar-refractivity contribution in [3.8, 4) is 5.75 Å². The van der Waals surface area contributed by atoms with Gasteiger partial charge in [0.2, 0.25) is 10.0 Å². The first-order valence-electron chi connectivity index (χ1n) is 9.13. The van der Waals surface area contributed by atoms with Gasteiger partial charge in [-0.2, -0.15) is 0 Å². The average Bonchev–Trinajstić information content (AvgIpc) is 3.25. The molecule has 2 aromatic carbocycles. The third-order valence-electron chi connectivity index (χ3n) is 4.57. The quantitative estimate of drug-likeness (QED) is 0.672. The van der Waals surface area contributed by atoms with E-state index in [1.54, 1.807) is 60.7 Å². The number of hydrogen-bond acceptors (Lipinski definition) is 5. The molecule has 4 rings (SSSR count). The van der Waals surface area contributed by atoms with Crippen LogP contribution in [0, 0.1) is 0 Å². The number of hydrogen-bond donors (Lipinski definition) is 1. The van der Waals surface area contributed by atoms with Gasteiger partial charge in [0.15, 0.2) is 6.10 Å². The Hall–Kier alpha value is -3.26. The predicted molar refractivity (Wildman–Crippen MR) is 108 cm³/mol. The number of sulfonamides is 1. The van der Waals surface area contributed by atoms with Gasteiger partial charge in [0.25, 0.3) is 5.91 Å². The summed E-state index contributed by atoms with van der Waals surface area (Å²) in [6, 6.07) is 19.2. The van der Waals surface area contributed by atoms with Crippen molar-refractivity contribution in [3.63, 3.8) is 0 Å². The first-order chi connectivity index (χ1) is 14.0. The van der Waals surface area contributed by atoms with Gasteiger partial charge in [-0.25, -0.2) is 8.42 Å². The lowest BCUT2D eigenvalue weighted by Crippen LogP contribution is -2.50. The molecule has 1 aliphatic heterocycles. The van der Waals surface area contributed by atoms with Crippen molar-refractivity contribution in [1.29, 1.82) is 0 Å². The molecule has 0 fully saturated rings. The molecule has 1 amide bonds. The van der Waals surface area contributed by atoms with E-state index in [1.165, 1.54) is 10.6 Å². The molecule has 0 saturated heterocycles. The van der Waals surface area contributed by atoms with Crippen LogP contribution in [0.1, 0.15) is 11.3 Å². The van der Waals surface area contributed by atoms with E-state index in [9.17, 15) is 13.2 Å². The molecule has 0 spiro atoms. The molecule has 1 atom stereocenters. The molecule has 0 aliphatic carbocycles. The Morgan fingerprint density at radius 2 is 1.79 bits per heavy atom. The van der Waals surface area contributed by atoms with Gasteiger partial charge in [0.1, 0.15) is 11.5 Å². The fourth-order valence-corrected chi connectivity index (χ4v) is 4.75. The van der Waals surface area contributed by atoms with Crippen LogP contribution in [-0.4, -0.2) is 27.0 Å². The Morgan fingerprint density at radius 3 is 2.55 bits per heavy atom. The minimum atomic E-state index is -3.72. The average molecular weight is 412 g/mol. The second kappa shape index (κ2) is 8.00. The summed E-state index contributed by atoms with van der Waals surface area (Å²) in [6.45, 7) is 0.0975. The largest absolute Gasteiger partial charge is 0.476 e. The van der Waals surface area contributed by atoms with E-state index in [-0.39, 0.29) is 18.8 Å². The minimum Gasteiger partial charge on any atom is -0.476 e. The van der Waals surface area contributed by atoms with Gasteiger partial charge < -0.3 is 14.5 Å². The number of nitrogens with zero attached hydrogens (tertiary/aromatic N) is 1. The Kier molecular flexibility index (Phi) is 5.26. The molecular formula is C21H20N2O5S. The summed E-state index contributed by atoms with van der Waals surface area (Å²) < 4.78 is 38.6. The van der Waals surface area contributed by atoms with E-state index in [1.807, 2.05) is 6.07 Å². The van der Waals surface area contributed by atoms with E-state index >= 15 is 0 Å². The highest BCUT2D eigenvalue weighted by Gasteiger charge is 2.36. The maximum Gasteiger partial charge on any atom is 0.263 e. The van der Waals surface area contributed by atoms with Crippen molar-refractivity contribution in [2.24, 2.45) is 0 Å². The second-order valence-corrected chi connectivity index (χ2v) is 8.54. The Balaban J connectivity index is 1.56.